The zero-order chi connectivity index (χ0) is 24.3. The van der Waals surface area contributed by atoms with E-state index >= 15 is 0 Å². The molecule has 3 heterocycles. The van der Waals surface area contributed by atoms with Crippen LogP contribution in [-0.2, 0) is 19.3 Å². The summed E-state index contributed by atoms with van der Waals surface area (Å²) >= 11 is 6.28. The topological polar surface area (TPSA) is 63.1 Å². The van der Waals surface area contributed by atoms with Gasteiger partial charge in [0.2, 0.25) is 0 Å². The molecule has 1 N–H and O–H groups in total. The summed E-state index contributed by atoms with van der Waals surface area (Å²) in [6, 6.07) is 10.0. The average Bonchev–Trinajstić information content (AvgIpc) is 2.80. The molecule has 0 saturated carbocycles. The van der Waals surface area contributed by atoms with Crippen molar-refractivity contribution in [3.63, 3.8) is 0 Å². The van der Waals surface area contributed by atoms with E-state index in [1.165, 1.54) is 24.6 Å². The minimum Gasteiger partial charge on any atom is -0.378 e. The Morgan fingerprint density at radius 3 is 2.59 bits per heavy atom. The Bertz CT molecular complexity index is 1200. The number of benzene rings is 1. The molecule has 0 amide bonds. The van der Waals surface area contributed by atoms with E-state index in [2.05, 4.69) is 33.3 Å². The van der Waals surface area contributed by atoms with Crippen molar-refractivity contribution in [2.24, 2.45) is 5.92 Å². The molecule has 1 unspecified atom stereocenters. The van der Waals surface area contributed by atoms with Crippen molar-refractivity contribution >= 4 is 17.3 Å². The summed E-state index contributed by atoms with van der Waals surface area (Å²) < 4.78 is 39.2. The number of hydrogen-bond acceptors (Lipinski definition) is 5. The van der Waals surface area contributed by atoms with Crippen LogP contribution in [0.5, 0.6) is 0 Å². The number of rotatable bonds is 6. The molecule has 4 rings (SSSR count). The van der Waals surface area contributed by atoms with E-state index in [0.29, 0.717) is 24.3 Å². The van der Waals surface area contributed by atoms with Crippen molar-refractivity contribution in [2.45, 2.75) is 39.0 Å². The fourth-order valence-corrected chi connectivity index (χ4v) is 4.34. The van der Waals surface area contributed by atoms with Gasteiger partial charge in [-0.05, 0) is 48.6 Å². The van der Waals surface area contributed by atoms with Crippen molar-refractivity contribution < 1.29 is 13.2 Å². The molecule has 1 aliphatic heterocycles. The van der Waals surface area contributed by atoms with Crippen LogP contribution in [-0.4, -0.2) is 32.8 Å². The molecule has 10 heteroatoms. The lowest BCUT2D eigenvalue weighted by atomic mass is 9.99. The molecular formula is C24H25ClF3N5O. The third kappa shape index (κ3) is 5.59. The second-order valence-electron chi connectivity index (χ2n) is 8.60. The third-order valence-corrected chi connectivity index (χ3v) is 6.30. The highest BCUT2D eigenvalue weighted by atomic mass is 35.5. The van der Waals surface area contributed by atoms with E-state index in [0.717, 1.165) is 42.0 Å². The van der Waals surface area contributed by atoms with E-state index in [1.54, 1.807) is 0 Å². The SMILES string of the molecule is CC1CCCN(Cc2ccccc2CNc2cnn(-c3ccc(C(F)(F)F)cn3)c(=O)c2Cl)C1. The summed E-state index contributed by atoms with van der Waals surface area (Å²) in [5.74, 6) is 0.641. The van der Waals surface area contributed by atoms with Gasteiger partial charge in [0.1, 0.15) is 5.02 Å². The highest BCUT2D eigenvalue weighted by Crippen LogP contribution is 2.28. The minimum atomic E-state index is -4.52. The molecule has 1 fully saturated rings. The van der Waals surface area contributed by atoms with Crippen LogP contribution in [0.25, 0.3) is 5.82 Å². The summed E-state index contributed by atoms with van der Waals surface area (Å²) in [5, 5.41) is 7.10. The van der Waals surface area contributed by atoms with Gasteiger partial charge in [-0.2, -0.15) is 23.0 Å². The Kier molecular flexibility index (Phi) is 7.23. The summed E-state index contributed by atoms with van der Waals surface area (Å²) in [4.78, 5) is 18.9. The predicted octanol–water partition coefficient (Wildman–Crippen LogP) is 5.14. The first-order valence-corrected chi connectivity index (χ1v) is 11.4. The highest BCUT2D eigenvalue weighted by molar-refractivity contribution is 6.32. The molecule has 0 radical (unpaired) electrons. The van der Waals surface area contributed by atoms with Gasteiger partial charge in [0.05, 0.1) is 17.4 Å². The molecule has 1 atom stereocenters. The molecule has 3 aromatic rings. The summed E-state index contributed by atoms with van der Waals surface area (Å²) in [5.41, 5.74) is 1.05. The highest BCUT2D eigenvalue weighted by Gasteiger charge is 2.30. The number of anilines is 1. The Morgan fingerprint density at radius 1 is 1.15 bits per heavy atom. The number of likely N-dealkylation sites (tertiary alicyclic amines) is 1. The molecule has 0 spiro atoms. The lowest BCUT2D eigenvalue weighted by Gasteiger charge is -2.31. The molecule has 0 aliphatic carbocycles. The van der Waals surface area contributed by atoms with Gasteiger partial charge in [0.25, 0.3) is 5.56 Å². The van der Waals surface area contributed by atoms with Crippen LogP contribution in [0.1, 0.15) is 36.5 Å². The summed E-state index contributed by atoms with van der Waals surface area (Å²) in [6.07, 6.45) is -0.0227. The van der Waals surface area contributed by atoms with Crippen LogP contribution in [0.15, 0.2) is 53.6 Å². The number of aromatic nitrogens is 3. The summed E-state index contributed by atoms with van der Waals surface area (Å²) in [6.45, 7) is 5.74. The Labute approximate surface area is 200 Å². The first-order chi connectivity index (χ1) is 16.2. The first kappa shape index (κ1) is 24.2. The van der Waals surface area contributed by atoms with Gasteiger partial charge in [0, 0.05) is 25.8 Å². The zero-order valence-electron chi connectivity index (χ0n) is 18.6. The van der Waals surface area contributed by atoms with Gasteiger partial charge >= 0.3 is 6.18 Å². The number of halogens is 4. The van der Waals surface area contributed by atoms with Crippen LogP contribution >= 0.6 is 11.6 Å². The molecule has 1 aliphatic rings. The maximum atomic E-state index is 12.8. The van der Waals surface area contributed by atoms with Crippen LogP contribution in [0.4, 0.5) is 18.9 Å². The van der Waals surface area contributed by atoms with Gasteiger partial charge in [-0.15, -0.1) is 0 Å². The molecule has 0 bridgehead atoms. The van der Waals surface area contributed by atoms with Crippen LogP contribution in [0.2, 0.25) is 5.02 Å². The lowest BCUT2D eigenvalue weighted by molar-refractivity contribution is -0.137. The van der Waals surface area contributed by atoms with E-state index in [9.17, 15) is 18.0 Å². The fourth-order valence-electron chi connectivity index (χ4n) is 4.14. The number of hydrogen-bond donors (Lipinski definition) is 1. The number of nitrogens with one attached hydrogen (secondary N) is 1. The molecule has 6 nitrogen and oxygen atoms in total. The van der Waals surface area contributed by atoms with E-state index in [4.69, 9.17) is 11.6 Å². The second kappa shape index (κ2) is 10.1. The van der Waals surface area contributed by atoms with E-state index in [1.807, 2.05) is 18.2 Å². The standard InChI is InChI=1S/C24H25ClF3N5O/c1-16-5-4-10-32(14-16)15-18-7-3-2-6-17(18)11-29-20-13-31-33(23(34)22(20)25)21-9-8-19(12-30-21)24(26,27)28/h2-3,6-9,12-13,16,29H,4-5,10-11,14-15H2,1H3. The molecule has 34 heavy (non-hydrogen) atoms. The predicted molar refractivity (Wildman–Crippen MR) is 125 cm³/mol. The lowest BCUT2D eigenvalue weighted by Crippen LogP contribution is -2.34. The zero-order valence-corrected chi connectivity index (χ0v) is 19.4. The van der Waals surface area contributed by atoms with Crippen molar-refractivity contribution in [1.29, 1.82) is 0 Å². The first-order valence-electron chi connectivity index (χ1n) is 11.1. The van der Waals surface area contributed by atoms with Crippen molar-refractivity contribution in [3.8, 4) is 5.82 Å². The Balaban J connectivity index is 1.49. The number of nitrogens with zero attached hydrogens (tertiary/aromatic N) is 4. The largest absolute Gasteiger partial charge is 0.417 e. The van der Waals surface area contributed by atoms with Gasteiger partial charge in [-0.1, -0.05) is 42.8 Å². The van der Waals surface area contributed by atoms with Crippen LogP contribution < -0.4 is 10.9 Å². The molecule has 180 valence electrons. The van der Waals surface area contributed by atoms with Crippen molar-refractivity contribution in [3.05, 3.63) is 80.9 Å². The number of piperidine rings is 1. The smallest absolute Gasteiger partial charge is 0.378 e. The number of alkyl halides is 3. The van der Waals surface area contributed by atoms with Gasteiger partial charge < -0.3 is 5.32 Å². The van der Waals surface area contributed by atoms with Gasteiger partial charge in [0.15, 0.2) is 5.82 Å². The van der Waals surface area contributed by atoms with Crippen molar-refractivity contribution in [2.75, 3.05) is 18.4 Å². The summed E-state index contributed by atoms with van der Waals surface area (Å²) in [7, 11) is 0. The number of pyridine rings is 1. The molecule has 1 saturated heterocycles. The van der Waals surface area contributed by atoms with Crippen LogP contribution in [0, 0.1) is 5.92 Å². The Morgan fingerprint density at radius 2 is 1.91 bits per heavy atom. The van der Waals surface area contributed by atoms with Gasteiger partial charge in [-0.25, -0.2) is 4.98 Å². The minimum absolute atomic E-state index is 0.0486. The van der Waals surface area contributed by atoms with E-state index < -0.39 is 17.3 Å². The van der Waals surface area contributed by atoms with E-state index in [-0.39, 0.29) is 10.8 Å². The molecule has 2 aromatic heterocycles. The molecule has 1 aromatic carbocycles. The van der Waals surface area contributed by atoms with Gasteiger partial charge in [-0.3, -0.25) is 9.69 Å². The maximum absolute atomic E-state index is 12.8. The second-order valence-corrected chi connectivity index (χ2v) is 8.97. The quantitative estimate of drug-likeness (QED) is 0.517. The van der Waals surface area contributed by atoms with Crippen LogP contribution in [0.3, 0.4) is 0 Å². The molecular weight excluding hydrogens is 467 g/mol. The Hall–Kier alpha value is -2.91. The monoisotopic (exact) mass is 491 g/mol. The average molecular weight is 492 g/mol. The third-order valence-electron chi connectivity index (χ3n) is 5.93. The van der Waals surface area contributed by atoms with Crippen molar-refractivity contribution in [1.82, 2.24) is 19.7 Å². The maximum Gasteiger partial charge on any atom is 0.417 e. The normalized spacial score (nSPS) is 17.0. The fraction of sp³-hybridized carbons (Fsp3) is 0.375.